The Kier molecular flexibility index (Phi) is 3.97. The van der Waals surface area contributed by atoms with Gasteiger partial charge in [-0.3, -0.25) is 0 Å². The minimum atomic E-state index is -2.32. The monoisotopic (exact) mass is 313 g/mol. The van der Waals surface area contributed by atoms with Crippen LogP contribution < -0.4 is 5.46 Å². The van der Waals surface area contributed by atoms with Crippen molar-refractivity contribution in [2.45, 2.75) is 38.9 Å². The number of nitrogens with zero attached hydrogens (tertiary/aromatic N) is 1. The Morgan fingerprint density at radius 2 is 1.67 bits per heavy atom. The van der Waals surface area contributed by atoms with E-state index in [1.165, 1.54) is 18.6 Å². The van der Waals surface area contributed by atoms with Gasteiger partial charge in [0.1, 0.15) is 5.82 Å². The highest BCUT2D eigenvalue weighted by molar-refractivity contribution is 7.92. The zero-order chi connectivity index (χ0) is 16.1. The lowest BCUT2D eigenvalue weighted by molar-refractivity contribution is 0.00578. The molecule has 1 aromatic rings. The van der Waals surface area contributed by atoms with E-state index in [9.17, 15) is 8.60 Å². The molecule has 0 aliphatic carbocycles. The largest absolute Gasteiger partial charge is 0.497 e. The number of hydrogen-bond acceptors (Lipinski definition) is 4. The average Bonchev–Trinajstić information content (AvgIpc) is 2.45. The van der Waals surface area contributed by atoms with Gasteiger partial charge in [0.15, 0.2) is 0 Å². The van der Waals surface area contributed by atoms with E-state index in [-0.39, 0.29) is 0 Å². The van der Waals surface area contributed by atoms with Gasteiger partial charge in [-0.05, 0) is 39.8 Å². The number of halogens is 1. The van der Waals surface area contributed by atoms with Gasteiger partial charge in [-0.1, -0.05) is 6.07 Å². The molecule has 4 nitrogen and oxygen atoms in total. The van der Waals surface area contributed by atoms with Crippen LogP contribution in [0.1, 0.15) is 27.7 Å². The second kappa shape index (κ2) is 5.07. The van der Waals surface area contributed by atoms with E-state index in [1.54, 1.807) is 12.1 Å². The third-order valence-electron chi connectivity index (χ3n) is 3.82. The molecule has 0 saturated carbocycles. The Hall–Kier alpha value is -0.915. The fraction of sp³-hybridized carbons (Fsp3) is 0.571. The molecule has 0 spiro atoms. The van der Waals surface area contributed by atoms with Gasteiger partial charge in [0, 0.05) is 27.7 Å². The van der Waals surface area contributed by atoms with Crippen molar-refractivity contribution in [2.24, 2.45) is 4.36 Å². The minimum Gasteiger partial charge on any atom is -0.399 e. The van der Waals surface area contributed by atoms with Crippen LogP contribution in [-0.2, 0) is 19.0 Å². The molecular weight excluding hydrogens is 292 g/mol. The lowest BCUT2D eigenvalue weighted by atomic mass is 9.78. The molecule has 1 aromatic carbocycles. The quantitative estimate of drug-likeness (QED) is 0.788. The predicted octanol–water partition coefficient (Wildman–Crippen LogP) is 2.48. The summed E-state index contributed by atoms with van der Waals surface area (Å²) in [4.78, 5) is 0. The molecule has 0 unspecified atom stereocenters. The zero-order valence-corrected chi connectivity index (χ0v) is 14.1. The summed E-state index contributed by atoms with van der Waals surface area (Å²) in [6.07, 6.45) is 3.01. The average molecular weight is 313 g/mol. The smallest absolute Gasteiger partial charge is 0.399 e. The fourth-order valence-corrected chi connectivity index (χ4v) is 2.61. The van der Waals surface area contributed by atoms with Crippen LogP contribution in [0.3, 0.4) is 0 Å². The highest BCUT2D eigenvalue weighted by atomic mass is 32.2. The van der Waals surface area contributed by atoms with Crippen LogP contribution in [0.5, 0.6) is 0 Å². The summed E-state index contributed by atoms with van der Waals surface area (Å²) >= 11 is 0. The molecule has 0 aromatic heterocycles. The number of rotatable bonds is 2. The Labute approximate surface area is 126 Å². The van der Waals surface area contributed by atoms with Gasteiger partial charge in [0.05, 0.1) is 16.9 Å². The number of hydrogen-bond donors (Lipinski definition) is 0. The Morgan fingerprint density at radius 1 is 1.14 bits per heavy atom. The van der Waals surface area contributed by atoms with Crippen molar-refractivity contribution in [3.05, 3.63) is 24.0 Å². The Bertz CT molecular complexity index is 657. The predicted molar refractivity (Wildman–Crippen MR) is 84.2 cm³/mol. The Morgan fingerprint density at radius 3 is 2.10 bits per heavy atom. The standard InChI is InChI=1S/C14H21BFNO3S/c1-13(2)14(3,4)20-15(19-13)11-8-7-10(9-12(11)16)17-21(5,6)18/h7-9H,1-6H3. The second-order valence-electron chi connectivity index (χ2n) is 6.57. The van der Waals surface area contributed by atoms with Gasteiger partial charge < -0.3 is 9.31 Å². The van der Waals surface area contributed by atoms with E-state index in [4.69, 9.17) is 9.31 Å². The maximum atomic E-state index is 14.3. The molecule has 7 heteroatoms. The molecule has 0 amide bonds. The third-order valence-corrected chi connectivity index (χ3v) is 4.47. The van der Waals surface area contributed by atoms with Crippen LogP contribution in [0.25, 0.3) is 0 Å². The normalized spacial score (nSPS) is 20.6. The van der Waals surface area contributed by atoms with Gasteiger partial charge in [-0.25, -0.2) is 8.60 Å². The topological polar surface area (TPSA) is 47.9 Å². The first-order valence-corrected chi connectivity index (χ1v) is 9.07. The summed E-state index contributed by atoms with van der Waals surface area (Å²) < 4.78 is 41.5. The molecule has 1 heterocycles. The first-order valence-electron chi connectivity index (χ1n) is 6.73. The van der Waals surface area contributed by atoms with E-state index < -0.39 is 33.9 Å². The van der Waals surface area contributed by atoms with Crippen LogP contribution in [0.2, 0.25) is 0 Å². The third kappa shape index (κ3) is 3.47. The van der Waals surface area contributed by atoms with Crippen LogP contribution in [-0.4, -0.2) is 35.0 Å². The molecule has 1 aliphatic heterocycles. The van der Waals surface area contributed by atoms with Gasteiger partial charge >= 0.3 is 7.12 Å². The molecule has 2 rings (SSSR count). The number of benzene rings is 1. The van der Waals surface area contributed by atoms with Gasteiger partial charge in [-0.2, -0.15) is 4.36 Å². The van der Waals surface area contributed by atoms with E-state index in [0.717, 1.165) is 0 Å². The van der Waals surface area contributed by atoms with Crippen molar-refractivity contribution < 1.29 is 17.9 Å². The summed E-state index contributed by atoms with van der Waals surface area (Å²) in [5.74, 6) is -0.474. The first kappa shape index (κ1) is 16.5. The molecule has 0 bridgehead atoms. The summed E-state index contributed by atoms with van der Waals surface area (Å²) in [5.41, 5.74) is -0.364. The van der Waals surface area contributed by atoms with Crippen molar-refractivity contribution in [2.75, 3.05) is 12.5 Å². The van der Waals surface area contributed by atoms with Gasteiger partial charge in [0.2, 0.25) is 0 Å². The zero-order valence-electron chi connectivity index (χ0n) is 13.3. The van der Waals surface area contributed by atoms with Crippen molar-refractivity contribution in [1.82, 2.24) is 0 Å². The SMILES string of the molecule is CC1(C)OB(c2ccc(N=S(C)(C)=O)cc2F)OC1(C)C. The summed E-state index contributed by atoms with van der Waals surface area (Å²) in [6, 6.07) is 4.45. The highest BCUT2D eigenvalue weighted by Crippen LogP contribution is 2.36. The summed E-state index contributed by atoms with van der Waals surface area (Å²) in [7, 11) is -3.07. The van der Waals surface area contributed by atoms with Gasteiger partial charge in [-0.15, -0.1) is 0 Å². The maximum Gasteiger partial charge on any atom is 0.497 e. The first-order chi connectivity index (χ1) is 9.41. The second-order valence-corrected chi connectivity index (χ2v) is 9.11. The van der Waals surface area contributed by atoms with Crippen molar-refractivity contribution in [3.8, 4) is 0 Å². The molecule has 0 radical (unpaired) electrons. The van der Waals surface area contributed by atoms with Gasteiger partial charge in [0.25, 0.3) is 0 Å². The van der Waals surface area contributed by atoms with Crippen LogP contribution in [0, 0.1) is 5.82 Å². The van der Waals surface area contributed by atoms with Crippen LogP contribution in [0.4, 0.5) is 10.1 Å². The maximum absolute atomic E-state index is 14.3. The van der Waals surface area contributed by atoms with Crippen molar-refractivity contribution in [3.63, 3.8) is 0 Å². The van der Waals surface area contributed by atoms with E-state index in [1.807, 2.05) is 27.7 Å². The van der Waals surface area contributed by atoms with E-state index in [2.05, 4.69) is 4.36 Å². The molecular formula is C14H21BFNO3S. The van der Waals surface area contributed by atoms with Crippen LogP contribution >= 0.6 is 0 Å². The molecule has 0 N–H and O–H groups in total. The summed E-state index contributed by atoms with van der Waals surface area (Å²) in [5, 5.41) is 0. The van der Waals surface area contributed by atoms with E-state index >= 15 is 0 Å². The molecule has 21 heavy (non-hydrogen) atoms. The fourth-order valence-electron chi connectivity index (χ4n) is 1.99. The molecule has 0 atom stereocenters. The lowest BCUT2D eigenvalue weighted by Crippen LogP contribution is -2.41. The van der Waals surface area contributed by atoms with E-state index in [0.29, 0.717) is 11.2 Å². The molecule has 1 fully saturated rings. The van der Waals surface area contributed by atoms with Crippen molar-refractivity contribution >= 4 is 28.0 Å². The lowest BCUT2D eigenvalue weighted by Gasteiger charge is -2.32. The minimum absolute atomic E-state index is 0.325. The summed E-state index contributed by atoms with van der Waals surface area (Å²) in [6.45, 7) is 7.66. The highest BCUT2D eigenvalue weighted by Gasteiger charge is 2.52. The van der Waals surface area contributed by atoms with Crippen molar-refractivity contribution in [1.29, 1.82) is 0 Å². The van der Waals surface area contributed by atoms with Crippen LogP contribution in [0.15, 0.2) is 22.6 Å². The molecule has 116 valence electrons. The Balaban J connectivity index is 2.34. The molecule has 1 saturated heterocycles. The molecule has 1 aliphatic rings.